The zero-order valence-corrected chi connectivity index (χ0v) is 12.6. The Morgan fingerprint density at radius 2 is 2.29 bits per heavy atom. The van der Waals surface area contributed by atoms with Gasteiger partial charge in [0.1, 0.15) is 5.15 Å². The molecule has 0 aromatic carbocycles. The highest BCUT2D eigenvalue weighted by Crippen LogP contribution is 2.42. The number of hydrogen-bond donors (Lipinski definition) is 0. The monoisotopic (exact) mass is 302 g/mol. The summed E-state index contributed by atoms with van der Waals surface area (Å²) < 4.78 is 7.62. The number of aromatic nitrogens is 2. The smallest absolute Gasteiger partial charge is 0.165 e. The summed E-state index contributed by atoms with van der Waals surface area (Å²) in [5, 5.41) is 0.403. The van der Waals surface area contributed by atoms with Crippen LogP contribution in [0.4, 0.5) is 0 Å². The number of nitrogens with zero attached hydrogens (tertiary/aromatic N) is 2. The fourth-order valence-electron chi connectivity index (χ4n) is 2.79. The van der Waals surface area contributed by atoms with Crippen LogP contribution in [0.1, 0.15) is 29.4 Å². The van der Waals surface area contributed by atoms with Crippen molar-refractivity contribution in [3.63, 3.8) is 0 Å². The Kier molecular flexibility index (Phi) is 3.55. The van der Waals surface area contributed by atoms with Crippen LogP contribution in [0.25, 0.3) is 17.3 Å². The average Bonchev–Trinajstić information content (AvgIpc) is 2.82. The number of allylic oxidation sites excluding steroid dienone is 1. The van der Waals surface area contributed by atoms with Crippen molar-refractivity contribution in [3.05, 3.63) is 40.8 Å². The number of ketones is 1. The van der Waals surface area contributed by atoms with Crippen LogP contribution in [-0.2, 0) is 6.54 Å². The Morgan fingerprint density at radius 1 is 1.48 bits per heavy atom. The fraction of sp³-hybridized carbons (Fsp3) is 0.250. The number of ether oxygens (including phenoxy) is 1. The molecule has 0 saturated heterocycles. The van der Waals surface area contributed by atoms with E-state index in [1.54, 1.807) is 20.2 Å². The van der Waals surface area contributed by atoms with E-state index in [0.29, 0.717) is 16.5 Å². The maximum Gasteiger partial charge on any atom is 0.165 e. The second-order valence-electron chi connectivity index (χ2n) is 4.88. The molecular formula is C16H15ClN2O2. The number of methoxy groups -OCH3 is 1. The van der Waals surface area contributed by atoms with Crippen LogP contribution in [-0.4, -0.2) is 22.4 Å². The maximum absolute atomic E-state index is 12.1. The maximum atomic E-state index is 12.1. The van der Waals surface area contributed by atoms with Crippen LogP contribution in [0.15, 0.2) is 24.4 Å². The summed E-state index contributed by atoms with van der Waals surface area (Å²) >= 11 is 6.24. The molecular weight excluding hydrogens is 288 g/mol. The van der Waals surface area contributed by atoms with Crippen molar-refractivity contribution in [2.45, 2.75) is 19.9 Å². The van der Waals surface area contributed by atoms with E-state index in [1.165, 1.54) is 0 Å². The summed E-state index contributed by atoms with van der Waals surface area (Å²) in [5.41, 5.74) is 3.07. The first-order chi connectivity index (χ1) is 10.1. The number of Topliss-reactive ketones (excluding diaryl/α,β-unsaturated/α-hetero) is 1. The van der Waals surface area contributed by atoms with Gasteiger partial charge in [0.25, 0.3) is 0 Å². The number of rotatable bonds is 3. The van der Waals surface area contributed by atoms with E-state index in [0.717, 1.165) is 29.9 Å². The zero-order chi connectivity index (χ0) is 15.0. The highest BCUT2D eigenvalue weighted by Gasteiger charge is 2.28. The third-order valence-electron chi connectivity index (χ3n) is 3.62. The van der Waals surface area contributed by atoms with Crippen LogP contribution >= 0.6 is 11.6 Å². The molecule has 2 aromatic heterocycles. The van der Waals surface area contributed by atoms with Crippen LogP contribution in [0, 0.1) is 0 Å². The lowest BCUT2D eigenvalue weighted by Gasteiger charge is -2.15. The predicted molar refractivity (Wildman–Crippen MR) is 82.9 cm³/mol. The zero-order valence-electron chi connectivity index (χ0n) is 11.9. The molecule has 4 nitrogen and oxygen atoms in total. The lowest BCUT2D eigenvalue weighted by atomic mass is 10.1. The van der Waals surface area contributed by atoms with E-state index in [4.69, 9.17) is 16.3 Å². The van der Waals surface area contributed by atoms with Crippen molar-refractivity contribution in [1.29, 1.82) is 0 Å². The van der Waals surface area contributed by atoms with E-state index < -0.39 is 0 Å². The first-order valence-electron chi connectivity index (χ1n) is 6.74. The highest BCUT2D eigenvalue weighted by molar-refractivity contribution is 6.32. The highest BCUT2D eigenvalue weighted by atomic mass is 35.5. The molecule has 0 aliphatic carbocycles. The largest absolute Gasteiger partial charge is 0.494 e. The predicted octanol–water partition coefficient (Wildman–Crippen LogP) is 3.83. The van der Waals surface area contributed by atoms with E-state index >= 15 is 0 Å². The van der Waals surface area contributed by atoms with Gasteiger partial charge in [-0.05, 0) is 31.6 Å². The second kappa shape index (κ2) is 5.37. The topological polar surface area (TPSA) is 44.1 Å². The van der Waals surface area contributed by atoms with E-state index in [2.05, 4.69) is 15.6 Å². The minimum atomic E-state index is -0.0200. The molecule has 0 radical (unpaired) electrons. The molecule has 108 valence electrons. The van der Waals surface area contributed by atoms with Crippen molar-refractivity contribution in [2.24, 2.45) is 0 Å². The summed E-state index contributed by atoms with van der Waals surface area (Å²) in [7, 11) is 1.57. The molecule has 0 amide bonds. The van der Waals surface area contributed by atoms with Gasteiger partial charge in [0.2, 0.25) is 0 Å². The van der Waals surface area contributed by atoms with Crippen molar-refractivity contribution < 1.29 is 9.53 Å². The van der Waals surface area contributed by atoms with Crippen molar-refractivity contribution >= 4 is 23.5 Å². The van der Waals surface area contributed by atoms with Gasteiger partial charge in [0.15, 0.2) is 11.5 Å². The van der Waals surface area contributed by atoms with E-state index in [-0.39, 0.29) is 5.78 Å². The Labute approximate surface area is 128 Å². The molecule has 2 aromatic rings. The SMILES string of the molecule is COc1c(C(C)=O)c2n(c1-c1cccnc1Cl)CCC=C2. The Bertz CT molecular complexity index is 747. The molecule has 0 unspecified atom stereocenters. The summed E-state index contributed by atoms with van der Waals surface area (Å²) in [4.78, 5) is 16.2. The molecule has 0 bridgehead atoms. The van der Waals surface area contributed by atoms with E-state index in [9.17, 15) is 4.79 Å². The van der Waals surface area contributed by atoms with Crippen LogP contribution in [0.5, 0.6) is 5.75 Å². The summed E-state index contributed by atoms with van der Waals surface area (Å²) in [6.45, 7) is 2.34. The van der Waals surface area contributed by atoms with Gasteiger partial charge in [-0.1, -0.05) is 17.7 Å². The molecule has 5 heteroatoms. The van der Waals surface area contributed by atoms with Gasteiger partial charge < -0.3 is 9.30 Å². The van der Waals surface area contributed by atoms with Gasteiger partial charge in [-0.3, -0.25) is 4.79 Å². The molecule has 3 heterocycles. The number of pyridine rings is 1. The average molecular weight is 303 g/mol. The first kappa shape index (κ1) is 13.9. The summed E-state index contributed by atoms with van der Waals surface area (Å²) in [6, 6.07) is 3.72. The quantitative estimate of drug-likeness (QED) is 0.639. The lowest BCUT2D eigenvalue weighted by molar-refractivity contribution is 0.101. The van der Waals surface area contributed by atoms with Crippen molar-refractivity contribution in [2.75, 3.05) is 7.11 Å². The van der Waals surface area contributed by atoms with Crippen molar-refractivity contribution in [1.82, 2.24) is 9.55 Å². The summed E-state index contributed by atoms with van der Waals surface area (Å²) in [5.74, 6) is 0.548. The molecule has 3 rings (SSSR count). The molecule has 0 N–H and O–H groups in total. The Hall–Kier alpha value is -2.07. The third kappa shape index (κ3) is 2.16. The number of fused-ring (bicyclic) bond motifs is 1. The lowest BCUT2D eigenvalue weighted by Crippen LogP contribution is -2.07. The van der Waals surface area contributed by atoms with E-state index in [1.807, 2.05) is 18.2 Å². The van der Waals surface area contributed by atoms with Gasteiger partial charge in [-0.25, -0.2) is 4.98 Å². The number of carbonyl (C=O) groups is 1. The van der Waals surface area contributed by atoms with Crippen molar-refractivity contribution in [3.8, 4) is 17.0 Å². The molecule has 0 fully saturated rings. The molecule has 0 atom stereocenters. The van der Waals surface area contributed by atoms with Crippen LogP contribution in [0.2, 0.25) is 5.15 Å². The van der Waals surface area contributed by atoms with Gasteiger partial charge in [0.05, 0.1) is 24.1 Å². The third-order valence-corrected chi connectivity index (χ3v) is 3.93. The van der Waals surface area contributed by atoms with Gasteiger partial charge >= 0.3 is 0 Å². The standard InChI is InChI=1S/C16H15ClN2O2/c1-10(20)13-12-7-3-4-9-19(12)14(15(13)21-2)11-6-5-8-18-16(11)17/h3,5-8H,4,9H2,1-2H3. The number of hydrogen-bond acceptors (Lipinski definition) is 3. The minimum Gasteiger partial charge on any atom is -0.494 e. The number of carbonyl (C=O) groups excluding carboxylic acids is 1. The molecule has 21 heavy (non-hydrogen) atoms. The van der Waals surface area contributed by atoms with Gasteiger partial charge in [-0.2, -0.15) is 0 Å². The summed E-state index contributed by atoms with van der Waals surface area (Å²) in [6.07, 6.45) is 6.59. The minimum absolute atomic E-state index is 0.0200. The normalized spacial score (nSPS) is 13.1. The number of halogens is 1. The molecule has 0 saturated carbocycles. The molecule has 1 aliphatic rings. The van der Waals surface area contributed by atoms with Gasteiger partial charge in [0, 0.05) is 18.3 Å². The van der Waals surface area contributed by atoms with Crippen LogP contribution in [0.3, 0.4) is 0 Å². The first-order valence-corrected chi connectivity index (χ1v) is 7.11. The van der Waals surface area contributed by atoms with Gasteiger partial charge in [-0.15, -0.1) is 0 Å². The second-order valence-corrected chi connectivity index (χ2v) is 5.24. The molecule has 0 spiro atoms. The Morgan fingerprint density at radius 3 is 2.95 bits per heavy atom. The molecule has 1 aliphatic heterocycles. The van der Waals surface area contributed by atoms with Crippen LogP contribution < -0.4 is 4.74 Å². The Balaban J connectivity index is 2.38. The fourth-order valence-corrected chi connectivity index (χ4v) is 3.00.